The van der Waals surface area contributed by atoms with Crippen molar-refractivity contribution in [1.29, 1.82) is 0 Å². The molecule has 0 saturated carbocycles. The zero-order chi connectivity index (χ0) is 8.85. The van der Waals surface area contributed by atoms with Gasteiger partial charge in [0, 0.05) is 5.71 Å². The monoisotopic (exact) mass is 153 g/mol. The van der Waals surface area contributed by atoms with Gasteiger partial charge in [-0.1, -0.05) is 18.6 Å². The third-order valence-electron chi connectivity index (χ3n) is 2.04. The molecular weight excluding hydrogens is 134 g/mol. The molecule has 1 nitrogen and oxygen atoms in total. The highest BCUT2D eigenvalue weighted by molar-refractivity contribution is 5.81. The molecule has 1 atom stereocenters. The van der Waals surface area contributed by atoms with Crippen LogP contribution in [0, 0.1) is 0 Å². The SMILES string of the molecule is CC=C(C)C(C)N=C(C)CC. The van der Waals surface area contributed by atoms with Crippen LogP contribution in [0.1, 0.15) is 41.0 Å². The molecule has 1 unspecified atom stereocenters. The van der Waals surface area contributed by atoms with Gasteiger partial charge in [0.05, 0.1) is 6.04 Å². The van der Waals surface area contributed by atoms with Crippen LogP contribution in [0.4, 0.5) is 0 Å². The molecular formula is C10H19N. The Bertz CT molecular complexity index is 166. The zero-order valence-electron chi connectivity index (χ0n) is 8.31. The number of hydrogen-bond acceptors (Lipinski definition) is 1. The minimum absolute atomic E-state index is 0.361. The number of aliphatic imine (C=N–C) groups is 1. The molecule has 0 saturated heterocycles. The molecule has 0 aromatic carbocycles. The van der Waals surface area contributed by atoms with Gasteiger partial charge in [-0.2, -0.15) is 0 Å². The maximum absolute atomic E-state index is 4.51. The zero-order valence-corrected chi connectivity index (χ0v) is 8.31. The first-order chi connectivity index (χ1) is 5.11. The Morgan fingerprint density at radius 1 is 1.45 bits per heavy atom. The predicted octanol–water partition coefficient (Wildman–Crippen LogP) is 3.21. The second kappa shape index (κ2) is 5.11. The first kappa shape index (κ1) is 10.4. The Hall–Kier alpha value is -0.590. The van der Waals surface area contributed by atoms with Crippen LogP contribution in [0.3, 0.4) is 0 Å². The van der Waals surface area contributed by atoms with Crippen LogP contribution in [0.2, 0.25) is 0 Å². The number of nitrogens with zero attached hydrogens (tertiary/aromatic N) is 1. The summed E-state index contributed by atoms with van der Waals surface area (Å²) in [6.45, 7) is 10.5. The van der Waals surface area contributed by atoms with Crippen molar-refractivity contribution in [2.24, 2.45) is 4.99 Å². The number of hydrogen-bond donors (Lipinski definition) is 0. The maximum Gasteiger partial charge on any atom is 0.0677 e. The van der Waals surface area contributed by atoms with E-state index in [2.05, 4.69) is 45.7 Å². The topological polar surface area (TPSA) is 12.4 Å². The highest BCUT2D eigenvalue weighted by atomic mass is 14.8. The number of rotatable bonds is 3. The van der Waals surface area contributed by atoms with Crippen molar-refractivity contribution in [3.05, 3.63) is 11.6 Å². The summed E-state index contributed by atoms with van der Waals surface area (Å²) in [5, 5.41) is 0. The van der Waals surface area contributed by atoms with Gasteiger partial charge in [0.2, 0.25) is 0 Å². The summed E-state index contributed by atoms with van der Waals surface area (Å²) >= 11 is 0. The van der Waals surface area contributed by atoms with Crippen LogP contribution in [0.5, 0.6) is 0 Å². The number of allylic oxidation sites excluding steroid dienone is 1. The summed E-state index contributed by atoms with van der Waals surface area (Å²) in [5.41, 5.74) is 2.58. The van der Waals surface area contributed by atoms with E-state index in [-0.39, 0.29) is 0 Å². The Balaban J connectivity index is 4.16. The molecule has 0 aliphatic heterocycles. The molecule has 0 rings (SSSR count). The molecule has 0 radical (unpaired) electrons. The van der Waals surface area contributed by atoms with E-state index in [0.717, 1.165) is 6.42 Å². The van der Waals surface area contributed by atoms with E-state index in [9.17, 15) is 0 Å². The molecule has 0 heterocycles. The lowest BCUT2D eigenvalue weighted by atomic mass is 10.1. The van der Waals surface area contributed by atoms with Gasteiger partial charge < -0.3 is 0 Å². The van der Waals surface area contributed by atoms with Crippen LogP contribution in [-0.2, 0) is 0 Å². The van der Waals surface area contributed by atoms with E-state index in [1.54, 1.807) is 0 Å². The van der Waals surface area contributed by atoms with E-state index in [1.165, 1.54) is 11.3 Å². The highest BCUT2D eigenvalue weighted by Crippen LogP contribution is 2.05. The van der Waals surface area contributed by atoms with Crippen molar-refractivity contribution in [2.75, 3.05) is 0 Å². The fraction of sp³-hybridized carbons (Fsp3) is 0.700. The summed E-state index contributed by atoms with van der Waals surface area (Å²) in [6.07, 6.45) is 3.18. The lowest BCUT2D eigenvalue weighted by molar-refractivity contribution is 0.852. The predicted molar refractivity (Wildman–Crippen MR) is 52.3 cm³/mol. The molecule has 0 N–H and O–H groups in total. The minimum atomic E-state index is 0.361. The Morgan fingerprint density at radius 3 is 2.36 bits per heavy atom. The normalized spacial score (nSPS) is 16.8. The Kier molecular flexibility index (Phi) is 4.84. The van der Waals surface area contributed by atoms with Gasteiger partial charge in [0.15, 0.2) is 0 Å². The van der Waals surface area contributed by atoms with E-state index in [4.69, 9.17) is 0 Å². The fourth-order valence-electron chi connectivity index (χ4n) is 0.765. The third-order valence-corrected chi connectivity index (χ3v) is 2.04. The smallest absolute Gasteiger partial charge is 0.0677 e. The standard InChI is InChI=1S/C10H19N/c1-6-8(3)10(5)11-9(4)7-2/h6,10H,7H2,1-5H3. The van der Waals surface area contributed by atoms with Crippen LogP contribution in [-0.4, -0.2) is 11.8 Å². The molecule has 0 amide bonds. The van der Waals surface area contributed by atoms with Gasteiger partial charge in [-0.3, -0.25) is 4.99 Å². The Labute approximate surface area is 70.2 Å². The molecule has 0 bridgehead atoms. The van der Waals surface area contributed by atoms with Crippen LogP contribution < -0.4 is 0 Å². The van der Waals surface area contributed by atoms with Crippen LogP contribution in [0.15, 0.2) is 16.6 Å². The lowest BCUT2D eigenvalue weighted by Crippen LogP contribution is -2.03. The first-order valence-corrected chi connectivity index (χ1v) is 4.27. The average molecular weight is 153 g/mol. The molecule has 11 heavy (non-hydrogen) atoms. The van der Waals surface area contributed by atoms with E-state index < -0.39 is 0 Å². The average Bonchev–Trinajstić information content (AvgIpc) is 2.02. The maximum atomic E-state index is 4.51. The van der Waals surface area contributed by atoms with Crippen molar-refractivity contribution >= 4 is 5.71 Å². The van der Waals surface area contributed by atoms with Crippen molar-refractivity contribution in [3.63, 3.8) is 0 Å². The van der Waals surface area contributed by atoms with Crippen molar-refractivity contribution < 1.29 is 0 Å². The molecule has 64 valence electrons. The summed E-state index contributed by atoms with van der Waals surface area (Å²) in [5.74, 6) is 0. The molecule has 1 heteroatoms. The van der Waals surface area contributed by atoms with Crippen molar-refractivity contribution in [2.45, 2.75) is 47.1 Å². The van der Waals surface area contributed by atoms with Gasteiger partial charge in [0.25, 0.3) is 0 Å². The van der Waals surface area contributed by atoms with E-state index in [0.29, 0.717) is 6.04 Å². The molecule has 0 aromatic heterocycles. The third kappa shape index (κ3) is 3.97. The second-order valence-corrected chi connectivity index (χ2v) is 2.93. The lowest BCUT2D eigenvalue weighted by Gasteiger charge is -2.07. The van der Waals surface area contributed by atoms with E-state index in [1.807, 2.05) is 0 Å². The molecule has 0 aliphatic carbocycles. The summed E-state index contributed by atoms with van der Waals surface area (Å²) in [7, 11) is 0. The van der Waals surface area contributed by atoms with Gasteiger partial charge in [-0.25, -0.2) is 0 Å². The summed E-state index contributed by atoms with van der Waals surface area (Å²) in [4.78, 5) is 4.51. The highest BCUT2D eigenvalue weighted by Gasteiger charge is 1.99. The van der Waals surface area contributed by atoms with Gasteiger partial charge in [-0.15, -0.1) is 0 Å². The molecule has 0 fully saturated rings. The largest absolute Gasteiger partial charge is 0.287 e. The first-order valence-electron chi connectivity index (χ1n) is 4.27. The van der Waals surface area contributed by atoms with Gasteiger partial charge in [0.1, 0.15) is 0 Å². The molecule has 0 aromatic rings. The molecule has 0 spiro atoms. The van der Waals surface area contributed by atoms with Gasteiger partial charge >= 0.3 is 0 Å². The fourth-order valence-corrected chi connectivity index (χ4v) is 0.765. The quantitative estimate of drug-likeness (QED) is 0.436. The van der Waals surface area contributed by atoms with Gasteiger partial charge in [-0.05, 0) is 34.1 Å². The summed E-state index contributed by atoms with van der Waals surface area (Å²) in [6, 6.07) is 0.361. The van der Waals surface area contributed by atoms with Crippen molar-refractivity contribution in [1.82, 2.24) is 0 Å². The summed E-state index contributed by atoms with van der Waals surface area (Å²) < 4.78 is 0. The Morgan fingerprint density at radius 2 is 2.00 bits per heavy atom. The van der Waals surface area contributed by atoms with Crippen LogP contribution in [0.25, 0.3) is 0 Å². The second-order valence-electron chi connectivity index (χ2n) is 2.93. The molecule has 0 aliphatic rings. The van der Waals surface area contributed by atoms with Crippen LogP contribution >= 0.6 is 0 Å². The van der Waals surface area contributed by atoms with E-state index >= 15 is 0 Å². The minimum Gasteiger partial charge on any atom is -0.287 e. The van der Waals surface area contributed by atoms with Crippen molar-refractivity contribution in [3.8, 4) is 0 Å².